The summed E-state index contributed by atoms with van der Waals surface area (Å²) in [5.41, 5.74) is 2.39. The fourth-order valence-electron chi connectivity index (χ4n) is 2.21. The Morgan fingerprint density at radius 1 is 1.25 bits per heavy atom. The van der Waals surface area contributed by atoms with Crippen LogP contribution < -0.4 is 5.32 Å². The van der Waals surface area contributed by atoms with E-state index in [1.54, 1.807) is 6.07 Å². The molecule has 0 saturated heterocycles. The predicted octanol–water partition coefficient (Wildman–Crippen LogP) is 5.09. The van der Waals surface area contributed by atoms with Gasteiger partial charge in [-0.2, -0.15) is 0 Å². The highest BCUT2D eigenvalue weighted by Gasteiger charge is 2.15. The number of benzene rings is 2. The van der Waals surface area contributed by atoms with Gasteiger partial charge in [0.25, 0.3) is 0 Å². The minimum absolute atomic E-state index is 0.186. The predicted molar refractivity (Wildman–Crippen MR) is 93.4 cm³/mol. The molecule has 1 unspecified atom stereocenters. The molecule has 0 aliphatic carbocycles. The van der Waals surface area contributed by atoms with Crippen LogP contribution >= 0.6 is 38.5 Å². The first-order valence-electron chi connectivity index (χ1n) is 6.53. The van der Waals surface area contributed by atoms with Crippen LogP contribution in [0.3, 0.4) is 0 Å². The smallest absolute Gasteiger partial charge is 0.124 e. The van der Waals surface area contributed by atoms with E-state index in [1.165, 1.54) is 11.6 Å². The van der Waals surface area contributed by atoms with Crippen molar-refractivity contribution in [2.75, 3.05) is 6.54 Å². The van der Waals surface area contributed by atoms with Crippen LogP contribution in [0.15, 0.2) is 46.9 Å². The molecule has 106 valence electrons. The van der Waals surface area contributed by atoms with Gasteiger partial charge in [-0.3, -0.25) is 0 Å². The molecular formula is C16H16BrFIN. The van der Waals surface area contributed by atoms with Crippen molar-refractivity contribution in [2.24, 2.45) is 0 Å². The van der Waals surface area contributed by atoms with Gasteiger partial charge in [0.15, 0.2) is 0 Å². The number of rotatable bonds is 5. The molecule has 0 spiro atoms. The van der Waals surface area contributed by atoms with Crippen molar-refractivity contribution in [1.82, 2.24) is 5.32 Å². The van der Waals surface area contributed by atoms with Crippen LogP contribution in [0.25, 0.3) is 0 Å². The highest BCUT2D eigenvalue weighted by Crippen LogP contribution is 2.27. The maximum atomic E-state index is 13.3. The number of halogens is 3. The van der Waals surface area contributed by atoms with E-state index in [4.69, 9.17) is 0 Å². The van der Waals surface area contributed by atoms with Gasteiger partial charge in [0.1, 0.15) is 5.82 Å². The summed E-state index contributed by atoms with van der Waals surface area (Å²) >= 11 is 5.79. The van der Waals surface area contributed by atoms with Gasteiger partial charge in [-0.25, -0.2) is 4.39 Å². The Labute approximate surface area is 141 Å². The summed E-state index contributed by atoms with van der Waals surface area (Å²) in [6, 6.07) is 13.4. The zero-order valence-corrected chi connectivity index (χ0v) is 14.9. The van der Waals surface area contributed by atoms with E-state index < -0.39 is 0 Å². The van der Waals surface area contributed by atoms with Crippen molar-refractivity contribution in [2.45, 2.75) is 19.4 Å². The molecule has 0 aliphatic heterocycles. The Hall–Kier alpha value is -0.460. The van der Waals surface area contributed by atoms with E-state index in [9.17, 15) is 4.39 Å². The lowest BCUT2D eigenvalue weighted by Gasteiger charge is -2.20. The van der Waals surface area contributed by atoms with Gasteiger partial charge in [0, 0.05) is 14.1 Å². The molecule has 0 aliphatic rings. The molecule has 0 aromatic heterocycles. The minimum Gasteiger partial charge on any atom is -0.310 e. The quantitative estimate of drug-likeness (QED) is 0.629. The van der Waals surface area contributed by atoms with Crippen molar-refractivity contribution in [3.63, 3.8) is 0 Å². The van der Waals surface area contributed by atoms with E-state index in [2.05, 4.69) is 56.8 Å². The fourth-order valence-corrected chi connectivity index (χ4v) is 3.51. The second-order valence-electron chi connectivity index (χ2n) is 4.57. The molecule has 0 amide bonds. The summed E-state index contributed by atoms with van der Waals surface area (Å²) in [5.74, 6) is -0.186. The standard InChI is InChI=1S/C16H16BrFIN/c1-2-20-16(9-11-5-3-4-6-14(11)17)13-8-7-12(18)10-15(13)19/h3-8,10,16,20H,2,9H2,1H3. The first-order chi connectivity index (χ1) is 9.61. The van der Waals surface area contributed by atoms with Gasteiger partial charge in [0.2, 0.25) is 0 Å². The molecule has 0 heterocycles. The van der Waals surface area contributed by atoms with E-state index in [0.29, 0.717) is 0 Å². The van der Waals surface area contributed by atoms with Crippen molar-refractivity contribution in [3.05, 3.63) is 67.5 Å². The molecule has 1 N–H and O–H groups in total. The van der Waals surface area contributed by atoms with Crippen molar-refractivity contribution < 1.29 is 4.39 Å². The molecule has 1 atom stereocenters. The van der Waals surface area contributed by atoms with Gasteiger partial charge in [0.05, 0.1) is 0 Å². The maximum Gasteiger partial charge on any atom is 0.124 e. The van der Waals surface area contributed by atoms with Crippen molar-refractivity contribution in [3.8, 4) is 0 Å². The Bertz CT molecular complexity index is 588. The topological polar surface area (TPSA) is 12.0 Å². The van der Waals surface area contributed by atoms with Gasteiger partial charge in [-0.05, 0) is 64.9 Å². The lowest BCUT2D eigenvalue weighted by Crippen LogP contribution is -2.24. The second-order valence-corrected chi connectivity index (χ2v) is 6.59. The van der Waals surface area contributed by atoms with Crippen LogP contribution in [-0.4, -0.2) is 6.54 Å². The van der Waals surface area contributed by atoms with Crippen molar-refractivity contribution in [1.29, 1.82) is 0 Å². The normalized spacial score (nSPS) is 12.4. The molecule has 0 bridgehead atoms. The van der Waals surface area contributed by atoms with E-state index in [-0.39, 0.29) is 11.9 Å². The third-order valence-electron chi connectivity index (χ3n) is 3.17. The Morgan fingerprint density at radius 2 is 2.00 bits per heavy atom. The lowest BCUT2D eigenvalue weighted by atomic mass is 9.99. The number of nitrogens with one attached hydrogen (secondary N) is 1. The van der Waals surface area contributed by atoms with Crippen LogP contribution in [0.2, 0.25) is 0 Å². The largest absolute Gasteiger partial charge is 0.310 e. The van der Waals surface area contributed by atoms with Crippen LogP contribution in [0.4, 0.5) is 4.39 Å². The molecule has 2 aromatic carbocycles. The van der Waals surface area contributed by atoms with Gasteiger partial charge >= 0.3 is 0 Å². The molecule has 4 heteroatoms. The highest BCUT2D eigenvalue weighted by molar-refractivity contribution is 14.1. The highest BCUT2D eigenvalue weighted by atomic mass is 127. The second kappa shape index (κ2) is 7.52. The molecule has 0 radical (unpaired) electrons. The van der Waals surface area contributed by atoms with Gasteiger partial charge in [-0.1, -0.05) is 47.1 Å². The summed E-state index contributed by atoms with van der Waals surface area (Å²) in [7, 11) is 0. The molecular weight excluding hydrogens is 432 g/mol. The average Bonchev–Trinajstić information content (AvgIpc) is 2.41. The molecule has 20 heavy (non-hydrogen) atoms. The van der Waals surface area contributed by atoms with Gasteiger partial charge in [-0.15, -0.1) is 0 Å². The summed E-state index contributed by atoms with van der Waals surface area (Å²) in [6.07, 6.45) is 0.872. The monoisotopic (exact) mass is 447 g/mol. The molecule has 0 fully saturated rings. The summed E-state index contributed by atoms with van der Waals surface area (Å²) in [6.45, 7) is 2.96. The average molecular weight is 448 g/mol. The minimum atomic E-state index is -0.186. The van der Waals surface area contributed by atoms with E-state index in [1.807, 2.05) is 24.3 Å². The van der Waals surface area contributed by atoms with Crippen LogP contribution in [0, 0.1) is 9.39 Å². The summed E-state index contributed by atoms with van der Waals surface area (Å²) < 4.78 is 15.3. The third-order valence-corrected chi connectivity index (χ3v) is 4.88. The van der Waals surface area contributed by atoms with Crippen LogP contribution in [-0.2, 0) is 6.42 Å². The first kappa shape index (κ1) is 15.9. The molecule has 0 saturated carbocycles. The number of hydrogen-bond donors (Lipinski definition) is 1. The lowest BCUT2D eigenvalue weighted by molar-refractivity contribution is 0.544. The van der Waals surface area contributed by atoms with E-state index >= 15 is 0 Å². The molecule has 2 aromatic rings. The van der Waals surface area contributed by atoms with Gasteiger partial charge < -0.3 is 5.32 Å². The molecule has 2 rings (SSSR count). The fraction of sp³-hybridized carbons (Fsp3) is 0.250. The Morgan fingerprint density at radius 3 is 2.65 bits per heavy atom. The summed E-state index contributed by atoms with van der Waals surface area (Å²) in [5, 5.41) is 3.49. The van der Waals surface area contributed by atoms with Crippen LogP contribution in [0.1, 0.15) is 24.1 Å². The van der Waals surface area contributed by atoms with Crippen molar-refractivity contribution >= 4 is 38.5 Å². The Kier molecular flexibility index (Phi) is 5.99. The molecule has 1 nitrogen and oxygen atoms in total. The number of hydrogen-bond acceptors (Lipinski definition) is 1. The van der Waals surface area contributed by atoms with E-state index in [0.717, 1.165) is 26.6 Å². The first-order valence-corrected chi connectivity index (χ1v) is 8.40. The third kappa shape index (κ3) is 4.02. The maximum absolute atomic E-state index is 13.3. The SMILES string of the molecule is CCNC(Cc1ccccc1Br)c1ccc(F)cc1I. The van der Waals surface area contributed by atoms with Crippen LogP contribution in [0.5, 0.6) is 0 Å². The zero-order valence-electron chi connectivity index (χ0n) is 11.2. The zero-order chi connectivity index (χ0) is 14.5. The number of likely N-dealkylation sites (N-methyl/N-ethyl adjacent to an activating group) is 1. The summed E-state index contributed by atoms with van der Waals surface area (Å²) in [4.78, 5) is 0. The Balaban J connectivity index is 2.29.